The average Bonchev–Trinajstić information content (AvgIpc) is 2.53. The van der Waals surface area contributed by atoms with Crippen LogP contribution >= 0.6 is 24.2 Å². The summed E-state index contributed by atoms with van der Waals surface area (Å²) in [7, 11) is 0. The van der Waals surface area contributed by atoms with Crippen molar-refractivity contribution in [2.75, 3.05) is 31.9 Å². The van der Waals surface area contributed by atoms with Gasteiger partial charge in [-0.3, -0.25) is 19.7 Å². The minimum absolute atomic E-state index is 0. The van der Waals surface area contributed by atoms with Crippen LogP contribution in [0.3, 0.4) is 0 Å². The quantitative estimate of drug-likeness (QED) is 0.452. The van der Waals surface area contributed by atoms with Crippen LogP contribution in [0.2, 0.25) is 0 Å². The monoisotopic (exact) mass is 360 g/mol. The van der Waals surface area contributed by atoms with Crippen molar-refractivity contribution in [1.82, 2.24) is 10.2 Å². The van der Waals surface area contributed by atoms with Crippen molar-refractivity contribution < 1.29 is 14.5 Å². The largest absolute Gasteiger partial charge is 0.366 e. The van der Waals surface area contributed by atoms with Crippen LogP contribution in [0.15, 0.2) is 23.1 Å². The fourth-order valence-electron chi connectivity index (χ4n) is 2.08. The highest BCUT2D eigenvalue weighted by atomic mass is 35.5. The summed E-state index contributed by atoms with van der Waals surface area (Å²) in [4.78, 5) is 35.7. The molecule has 3 N–H and O–H groups in total. The molecular weight excluding hydrogens is 344 g/mol. The highest BCUT2D eigenvalue weighted by Gasteiger charge is 2.20. The number of nitro groups is 1. The number of nitrogens with one attached hydrogen (secondary N) is 1. The molecule has 0 spiro atoms. The number of carbonyl (C=O) groups excluding carboxylic acids is 2. The number of hydrogen-bond acceptors (Lipinski definition) is 6. The summed E-state index contributed by atoms with van der Waals surface area (Å²) in [6.07, 6.45) is 0. The number of carbonyl (C=O) groups is 2. The Kier molecular flexibility index (Phi) is 7.27. The summed E-state index contributed by atoms with van der Waals surface area (Å²) in [6.45, 7) is 2.79. The molecule has 126 valence electrons. The maximum Gasteiger partial charge on any atom is 0.283 e. The van der Waals surface area contributed by atoms with Gasteiger partial charge < -0.3 is 16.0 Å². The predicted octanol–water partition coefficient (Wildman–Crippen LogP) is 0.639. The van der Waals surface area contributed by atoms with Crippen LogP contribution in [0.1, 0.15) is 10.4 Å². The topological polar surface area (TPSA) is 119 Å². The summed E-state index contributed by atoms with van der Waals surface area (Å²) in [5.74, 6) is -0.659. The third kappa shape index (κ3) is 5.08. The minimum atomic E-state index is -0.725. The van der Waals surface area contributed by atoms with Gasteiger partial charge in [0, 0.05) is 37.8 Å². The summed E-state index contributed by atoms with van der Waals surface area (Å²) >= 11 is 1.09. The number of hydrogen-bond donors (Lipinski definition) is 2. The first-order valence-corrected chi connectivity index (χ1v) is 7.67. The fourth-order valence-corrected chi connectivity index (χ4v) is 2.99. The second-order valence-electron chi connectivity index (χ2n) is 4.72. The van der Waals surface area contributed by atoms with E-state index in [9.17, 15) is 19.7 Å². The zero-order chi connectivity index (χ0) is 16.1. The van der Waals surface area contributed by atoms with Gasteiger partial charge in [-0.25, -0.2) is 0 Å². The van der Waals surface area contributed by atoms with Crippen molar-refractivity contribution in [1.29, 1.82) is 0 Å². The van der Waals surface area contributed by atoms with Gasteiger partial charge in [-0.05, 0) is 12.1 Å². The van der Waals surface area contributed by atoms with Gasteiger partial charge in [-0.1, -0.05) is 0 Å². The molecule has 1 heterocycles. The lowest BCUT2D eigenvalue weighted by molar-refractivity contribution is -0.387. The van der Waals surface area contributed by atoms with Crippen LogP contribution in [0.25, 0.3) is 0 Å². The first kappa shape index (κ1) is 19.2. The minimum Gasteiger partial charge on any atom is -0.366 e. The molecule has 0 aliphatic carbocycles. The van der Waals surface area contributed by atoms with Gasteiger partial charge in [-0.15, -0.1) is 24.2 Å². The van der Waals surface area contributed by atoms with Crippen LogP contribution in [-0.2, 0) is 4.79 Å². The van der Waals surface area contributed by atoms with E-state index in [-0.39, 0.29) is 35.3 Å². The number of nitrogens with zero attached hydrogens (tertiary/aromatic N) is 2. The Hall–Kier alpha value is -1.84. The molecule has 0 saturated carbocycles. The first-order chi connectivity index (χ1) is 10.5. The van der Waals surface area contributed by atoms with Crippen molar-refractivity contribution >= 4 is 41.7 Å². The van der Waals surface area contributed by atoms with Crippen LogP contribution in [0.5, 0.6) is 0 Å². The lowest BCUT2D eigenvalue weighted by atomic mass is 10.2. The van der Waals surface area contributed by atoms with Gasteiger partial charge >= 0.3 is 0 Å². The van der Waals surface area contributed by atoms with E-state index in [2.05, 4.69) is 5.32 Å². The lowest BCUT2D eigenvalue weighted by Gasteiger charge is -2.27. The number of rotatable bonds is 5. The molecule has 2 amide bonds. The smallest absolute Gasteiger partial charge is 0.283 e. The van der Waals surface area contributed by atoms with Gasteiger partial charge in [-0.2, -0.15) is 0 Å². The second-order valence-corrected chi connectivity index (χ2v) is 5.74. The number of halogens is 1. The van der Waals surface area contributed by atoms with Crippen LogP contribution in [0, 0.1) is 10.1 Å². The fraction of sp³-hybridized carbons (Fsp3) is 0.385. The zero-order valence-corrected chi connectivity index (χ0v) is 13.8. The van der Waals surface area contributed by atoms with Crippen molar-refractivity contribution in [2.24, 2.45) is 5.73 Å². The molecule has 1 aliphatic rings. The van der Waals surface area contributed by atoms with E-state index in [0.29, 0.717) is 18.0 Å². The Labute approximate surface area is 143 Å². The van der Waals surface area contributed by atoms with Gasteiger partial charge in [0.15, 0.2) is 0 Å². The van der Waals surface area contributed by atoms with Crippen molar-refractivity contribution in [2.45, 2.75) is 4.90 Å². The van der Waals surface area contributed by atoms with E-state index < -0.39 is 10.8 Å². The van der Waals surface area contributed by atoms with Gasteiger partial charge in [0.25, 0.3) is 5.69 Å². The molecule has 10 heteroatoms. The van der Waals surface area contributed by atoms with E-state index in [1.165, 1.54) is 12.1 Å². The molecule has 0 radical (unpaired) electrons. The number of piperazine rings is 1. The van der Waals surface area contributed by atoms with Crippen molar-refractivity contribution in [3.63, 3.8) is 0 Å². The molecule has 1 aliphatic heterocycles. The van der Waals surface area contributed by atoms with Gasteiger partial charge in [0.05, 0.1) is 15.6 Å². The Morgan fingerprint density at radius 2 is 2.00 bits per heavy atom. The molecule has 23 heavy (non-hydrogen) atoms. The normalized spacial score (nSPS) is 14.0. The molecule has 8 nitrogen and oxygen atoms in total. The second kappa shape index (κ2) is 8.70. The maximum absolute atomic E-state index is 12.1. The number of primary amides is 1. The standard InChI is InChI=1S/C13H16N4O4S.ClH/c14-13(19)9-1-2-11(10(7-9)17(20)21)22-8-12(18)16-5-3-15-4-6-16;/h1-2,7,15H,3-6,8H2,(H2,14,19);1H. The van der Waals surface area contributed by atoms with Crippen LogP contribution < -0.4 is 11.1 Å². The predicted molar refractivity (Wildman–Crippen MR) is 89.0 cm³/mol. The highest BCUT2D eigenvalue weighted by molar-refractivity contribution is 8.00. The molecular formula is C13H17ClN4O4S. The molecule has 1 saturated heterocycles. The van der Waals surface area contributed by atoms with E-state index in [0.717, 1.165) is 30.9 Å². The zero-order valence-electron chi connectivity index (χ0n) is 12.2. The van der Waals surface area contributed by atoms with Crippen molar-refractivity contribution in [3.8, 4) is 0 Å². The Bertz CT molecular complexity index is 608. The van der Waals surface area contributed by atoms with Crippen molar-refractivity contribution in [3.05, 3.63) is 33.9 Å². The third-order valence-corrected chi connectivity index (χ3v) is 4.31. The lowest BCUT2D eigenvalue weighted by Crippen LogP contribution is -2.47. The number of thioether (sulfide) groups is 1. The summed E-state index contributed by atoms with van der Waals surface area (Å²) < 4.78 is 0. The average molecular weight is 361 g/mol. The van der Waals surface area contributed by atoms with E-state index in [1.54, 1.807) is 4.90 Å². The van der Waals surface area contributed by atoms with E-state index in [4.69, 9.17) is 5.73 Å². The SMILES string of the molecule is Cl.NC(=O)c1ccc(SCC(=O)N2CCNCC2)c([N+](=O)[O-])c1. The molecule has 2 rings (SSSR count). The van der Waals surface area contributed by atoms with E-state index >= 15 is 0 Å². The Morgan fingerprint density at radius 1 is 1.35 bits per heavy atom. The Balaban J connectivity index is 0.00000264. The molecule has 0 bridgehead atoms. The summed E-state index contributed by atoms with van der Waals surface area (Å²) in [5, 5.41) is 14.2. The summed E-state index contributed by atoms with van der Waals surface area (Å²) in [6, 6.07) is 4.01. The molecule has 0 atom stereocenters. The molecule has 1 fully saturated rings. The first-order valence-electron chi connectivity index (χ1n) is 6.68. The number of nitrogens with two attached hydrogens (primary N) is 1. The third-order valence-electron chi connectivity index (χ3n) is 3.26. The summed E-state index contributed by atoms with van der Waals surface area (Å²) in [5.41, 5.74) is 4.98. The molecule has 1 aromatic carbocycles. The number of benzene rings is 1. The maximum atomic E-state index is 12.1. The number of amides is 2. The molecule has 0 unspecified atom stereocenters. The Morgan fingerprint density at radius 3 is 2.57 bits per heavy atom. The van der Waals surface area contributed by atoms with Crippen LogP contribution in [0.4, 0.5) is 5.69 Å². The highest BCUT2D eigenvalue weighted by Crippen LogP contribution is 2.30. The molecule has 1 aromatic rings. The van der Waals surface area contributed by atoms with Crippen LogP contribution in [-0.4, -0.2) is 53.6 Å². The van der Waals surface area contributed by atoms with Gasteiger partial charge in [0.2, 0.25) is 11.8 Å². The molecule has 0 aromatic heterocycles. The van der Waals surface area contributed by atoms with E-state index in [1.807, 2.05) is 0 Å². The van der Waals surface area contributed by atoms with Gasteiger partial charge in [0.1, 0.15) is 0 Å². The number of nitro benzene ring substituents is 1.